The highest BCUT2D eigenvalue weighted by Gasteiger charge is 2.46. The first-order valence-corrected chi connectivity index (χ1v) is 5.46. The topological polar surface area (TPSA) is 148 Å². The van der Waals surface area contributed by atoms with Crippen LogP contribution in [-0.2, 0) is 32.8 Å². The van der Waals surface area contributed by atoms with Crippen LogP contribution in [0.5, 0.6) is 0 Å². The molecule has 0 saturated carbocycles. The lowest BCUT2D eigenvalue weighted by atomic mass is 10.5. The smallest absolute Gasteiger partial charge is 0.324 e. The van der Waals surface area contributed by atoms with Gasteiger partial charge in [0.15, 0.2) is 0 Å². The maximum atomic E-state index is 10.6. The van der Waals surface area contributed by atoms with Crippen LogP contribution in [-0.4, -0.2) is 29.3 Å². The summed E-state index contributed by atoms with van der Waals surface area (Å²) in [5.74, 6) is -2.43. The lowest BCUT2D eigenvalue weighted by molar-refractivity contribution is -0.115. The fourth-order valence-corrected chi connectivity index (χ4v) is 2.53. The summed E-state index contributed by atoms with van der Waals surface area (Å²) < 4.78 is 53.7. The molecule has 4 N–H and O–H groups in total. The van der Waals surface area contributed by atoms with Gasteiger partial charge in [0, 0.05) is 0 Å². The Morgan fingerprint density at radius 3 is 1.77 bits per heavy atom. The van der Waals surface area contributed by atoms with Crippen molar-refractivity contribution in [3.05, 3.63) is 0 Å². The molecule has 0 radical (unpaired) electrons. The van der Waals surface area contributed by atoms with Crippen LogP contribution in [0.25, 0.3) is 0 Å². The number of rotatable bonds is 1. The van der Waals surface area contributed by atoms with Crippen molar-refractivity contribution in [2.24, 2.45) is 11.5 Å². The van der Waals surface area contributed by atoms with Gasteiger partial charge >= 0.3 is 20.8 Å². The largest absolute Gasteiger partial charge is 0.420 e. The van der Waals surface area contributed by atoms with Gasteiger partial charge in [-0.05, 0) is 0 Å². The molecule has 0 aromatic carbocycles. The van der Waals surface area contributed by atoms with E-state index < -0.39 is 33.3 Å². The van der Waals surface area contributed by atoms with E-state index in [0.29, 0.717) is 0 Å². The normalized spacial score (nSPS) is 29.7. The zero-order valence-corrected chi connectivity index (χ0v) is 7.67. The maximum Gasteiger partial charge on any atom is 0.420 e. The van der Waals surface area contributed by atoms with E-state index in [2.05, 4.69) is 12.0 Å². The van der Waals surface area contributed by atoms with E-state index >= 15 is 0 Å². The molecule has 0 spiro atoms. The molecule has 0 aromatic rings. The second-order valence-corrected chi connectivity index (χ2v) is 4.58. The van der Waals surface area contributed by atoms with E-state index in [9.17, 15) is 16.8 Å². The van der Waals surface area contributed by atoms with Crippen LogP contribution < -0.4 is 11.5 Å². The molecule has 0 atom stereocenters. The van der Waals surface area contributed by atoms with E-state index in [1.807, 2.05) is 0 Å². The molecule has 0 amide bonds. The van der Waals surface area contributed by atoms with Crippen molar-refractivity contribution >= 4 is 20.8 Å². The second kappa shape index (κ2) is 2.84. The zero-order valence-electron chi connectivity index (χ0n) is 6.04. The Kier molecular flexibility index (Phi) is 2.36. The zero-order chi connectivity index (χ0) is 10.3. The highest BCUT2D eigenvalue weighted by atomic mass is 32.3. The SMILES string of the molecule is NCC1(N)OS(=O)(=O)OS(=O)(=O)O1. The van der Waals surface area contributed by atoms with Crippen molar-refractivity contribution in [2.45, 2.75) is 5.91 Å². The van der Waals surface area contributed by atoms with Crippen molar-refractivity contribution in [1.82, 2.24) is 0 Å². The van der Waals surface area contributed by atoms with Crippen LogP contribution >= 0.6 is 0 Å². The summed E-state index contributed by atoms with van der Waals surface area (Å²) in [4.78, 5) is 0. The Balaban J connectivity index is 3.12. The van der Waals surface area contributed by atoms with E-state index in [4.69, 9.17) is 11.5 Å². The van der Waals surface area contributed by atoms with Crippen molar-refractivity contribution in [1.29, 1.82) is 0 Å². The lowest BCUT2D eigenvalue weighted by Crippen LogP contribution is -2.57. The van der Waals surface area contributed by atoms with Crippen molar-refractivity contribution in [3.8, 4) is 0 Å². The average Bonchev–Trinajstić information content (AvgIpc) is 1.79. The molecule has 78 valence electrons. The lowest BCUT2D eigenvalue weighted by Gasteiger charge is -2.28. The summed E-state index contributed by atoms with van der Waals surface area (Å²) in [5, 5.41) is 0. The first-order chi connectivity index (χ1) is 5.68. The van der Waals surface area contributed by atoms with Crippen molar-refractivity contribution in [3.63, 3.8) is 0 Å². The molecule has 1 rings (SSSR count). The summed E-state index contributed by atoms with van der Waals surface area (Å²) in [6, 6.07) is 0. The Labute approximate surface area is 74.2 Å². The Morgan fingerprint density at radius 1 is 1.08 bits per heavy atom. The highest BCUT2D eigenvalue weighted by molar-refractivity contribution is 7.95. The van der Waals surface area contributed by atoms with Gasteiger partial charge in [-0.3, -0.25) is 5.73 Å². The molecule has 1 aliphatic heterocycles. The quantitative estimate of drug-likeness (QED) is 0.487. The molecule has 9 nitrogen and oxygen atoms in total. The maximum absolute atomic E-state index is 10.6. The molecule has 0 unspecified atom stereocenters. The predicted octanol–water partition coefficient (Wildman–Crippen LogP) is -2.89. The van der Waals surface area contributed by atoms with Crippen molar-refractivity contribution < 1.29 is 28.8 Å². The van der Waals surface area contributed by atoms with Gasteiger partial charge in [0.05, 0.1) is 6.54 Å². The monoisotopic (exact) mass is 234 g/mol. The summed E-state index contributed by atoms with van der Waals surface area (Å²) in [7, 11) is -9.46. The molecule has 0 bridgehead atoms. The minimum atomic E-state index is -4.73. The third-order valence-corrected chi connectivity index (χ3v) is 3.24. The number of hydrogen-bond donors (Lipinski definition) is 2. The first-order valence-electron chi connectivity index (χ1n) is 2.79. The molecular formula is C2H6N2O7S2. The van der Waals surface area contributed by atoms with Gasteiger partial charge in [-0.15, -0.1) is 3.63 Å². The van der Waals surface area contributed by atoms with Gasteiger partial charge in [-0.2, -0.15) is 25.2 Å². The van der Waals surface area contributed by atoms with Gasteiger partial charge in [0.2, 0.25) is 0 Å². The fourth-order valence-electron chi connectivity index (χ4n) is 0.557. The van der Waals surface area contributed by atoms with Gasteiger partial charge in [-0.1, -0.05) is 0 Å². The van der Waals surface area contributed by atoms with Gasteiger partial charge in [0.1, 0.15) is 0 Å². The minimum Gasteiger partial charge on any atom is -0.324 e. The van der Waals surface area contributed by atoms with E-state index in [0.717, 1.165) is 0 Å². The molecule has 11 heteroatoms. The van der Waals surface area contributed by atoms with E-state index in [1.54, 1.807) is 0 Å². The van der Waals surface area contributed by atoms with Gasteiger partial charge in [0.25, 0.3) is 5.91 Å². The predicted molar refractivity (Wildman–Crippen MR) is 37.1 cm³/mol. The summed E-state index contributed by atoms with van der Waals surface area (Å²) in [6.45, 7) is -0.672. The average molecular weight is 234 g/mol. The Morgan fingerprint density at radius 2 is 1.46 bits per heavy atom. The number of nitrogens with two attached hydrogens (primary N) is 2. The highest BCUT2D eigenvalue weighted by Crippen LogP contribution is 2.22. The van der Waals surface area contributed by atoms with Crippen LogP contribution in [0.3, 0.4) is 0 Å². The number of hydrogen-bond acceptors (Lipinski definition) is 9. The third kappa shape index (κ3) is 2.57. The molecule has 0 aliphatic carbocycles. The van der Waals surface area contributed by atoms with Crippen LogP contribution in [0.15, 0.2) is 0 Å². The first kappa shape index (κ1) is 10.8. The van der Waals surface area contributed by atoms with Crippen LogP contribution in [0, 0.1) is 0 Å². The third-order valence-electron chi connectivity index (χ3n) is 0.937. The molecule has 1 heterocycles. The Bertz CT molecular complexity index is 360. The van der Waals surface area contributed by atoms with Crippen LogP contribution in [0.1, 0.15) is 0 Å². The molecule has 1 saturated heterocycles. The summed E-state index contributed by atoms with van der Waals surface area (Å²) in [5.41, 5.74) is 9.92. The second-order valence-electron chi connectivity index (χ2n) is 2.07. The molecule has 0 aromatic heterocycles. The Hall–Kier alpha value is -0.300. The van der Waals surface area contributed by atoms with Crippen molar-refractivity contribution in [2.75, 3.05) is 6.54 Å². The standard InChI is InChI=1S/C2H6N2O7S2/c3-1-2(4)9-12(5,6)11-13(7,8)10-2/h1,3-4H2. The molecule has 13 heavy (non-hydrogen) atoms. The van der Waals surface area contributed by atoms with Gasteiger partial charge < -0.3 is 5.73 Å². The molecule has 1 fully saturated rings. The van der Waals surface area contributed by atoms with E-state index in [1.165, 1.54) is 0 Å². The van der Waals surface area contributed by atoms with E-state index in [-0.39, 0.29) is 0 Å². The van der Waals surface area contributed by atoms with Gasteiger partial charge in [-0.25, -0.2) is 0 Å². The molecule has 1 aliphatic rings. The van der Waals surface area contributed by atoms with Crippen LogP contribution in [0.4, 0.5) is 0 Å². The van der Waals surface area contributed by atoms with Crippen LogP contribution in [0.2, 0.25) is 0 Å². The molecular weight excluding hydrogens is 228 g/mol. The summed E-state index contributed by atoms with van der Waals surface area (Å²) >= 11 is 0. The minimum absolute atomic E-state index is 0.672. The fraction of sp³-hybridized carbons (Fsp3) is 1.00. The summed E-state index contributed by atoms with van der Waals surface area (Å²) in [6.07, 6.45) is 0.